The molecule has 0 aliphatic heterocycles. The molecule has 1 aromatic carbocycles. The van der Waals surface area contributed by atoms with Crippen molar-refractivity contribution in [3.05, 3.63) is 70.0 Å². The van der Waals surface area contributed by atoms with Crippen LogP contribution in [0.3, 0.4) is 0 Å². The van der Waals surface area contributed by atoms with Gasteiger partial charge in [-0.05, 0) is 29.8 Å². The zero-order chi connectivity index (χ0) is 14.5. The number of nitro groups is 1. The molecule has 2 aromatic rings. The molecule has 0 bridgehead atoms. The van der Waals surface area contributed by atoms with Gasteiger partial charge < -0.3 is 5.11 Å². The van der Waals surface area contributed by atoms with E-state index in [1.165, 1.54) is 36.5 Å². The monoisotopic (exact) mass is 270 g/mol. The van der Waals surface area contributed by atoms with Gasteiger partial charge in [-0.3, -0.25) is 19.9 Å². The molecule has 0 amide bonds. The van der Waals surface area contributed by atoms with E-state index in [1.807, 2.05) is 0 Å². The van der Waals surface area contributed by atoms with Crippen molar-refractivity contribution in [3.63, 3.8) is 0 Å². The van der Waals surface area contributed by atoms with E-state index in [2.05, 4.69) is 4.98 Å². The molecule has 0 saturated carbocycles. The number of allylic oxidation sites excluding steroid dienone is 1. The number of phenolic OH excluding ortho intramolecular Hbond substituents is 1. The first-order valence-corrected chi connectivity index (χ1v) is 5.68. The predicted octanol–water partition coefficient (Wildman–Crippen LogP) is 2.59. The van der Waals surface area contributed by atoms with Crippen LogP contribution in [0.25, 0.3) is 6.08 Å². The Morgan fingerprint density at radius 2 is 2.15 bits per heavy atom. The van der Waals surface area contributed by atoms with Crippen LogP contribution < -0.4 is 0 Å². The Morgan fingerprint density at radius 1 is 1.35 bits per heavy atom. The standard InChI is InChI=1S/C14H10N2O4/c17-13(11-2-1-7-15-9-11)5-3-10-4-6-14(18)12(8-10)16(19)20/h1-9,18H. The third-order valence-electron chi connectivity index (χ3n) is 2.57. The quantitative estimate of drug-likeness (QED) is 0.399. The number of carbonyl (C=O) groups excluding carboxylic acids is 1. The number of pyridine rings is 1. The van der Waals surface area contributed by atoms with Crippen LogP contribution in [0.5, 0.6) is 5.75 Å². The van der Waals surface area contributed by atoms with Gasteiger partial charge in [0.15, 0.2) is 11.5 Å². The van der Waals surface area contributed by atoms with Crippen molar-refractivity contribution in [3.8, 4) is 5.75 Å². The molecule has 0 saturated heterocycles. The van der Waals surface area contributed by atoms with Crippen molar-refractivity contribution in [1.82, 2.24) is 4.98 Å². The summed E-state index contributed by atoms with van der Waals surface area (Å²) in [6, 6.07) is 7.16. The molecule has 0 aliphatic rings. The first-order valence-electron chi connectivity index (χ1n) is 5.68. The lowest BCUT2D eigenvalue weighted by atomic mass is 10.1. The maximum absolute atomic E-state index is 11.8. The molecule has 0 unspecified atom stereocenters. The van der Waals surface area contributed by atoms with Crippen LogP contribution in [0, 0.1) is 10.1 Å². The lowest BCUT2D eigenvalue weighted by molar-refractivity contribution is -0.385. The Morgan fingerprint density at radius 3 is 2.80 bits per heavy atom. The van der Waals surface area contributed by atoms with E-state index in [9.17, 15) is 20.0 Å². The molecule has 2 rings (SSSR count). The van der Waals surface area contributed by atoms with Crippen LogP contribution in [-0.4, -0.2) is 20.8 Å². The third kappa shape index (κ3) is 3.05. The summed E-state index contributed by atoms with van der Waals surface area (Å²) in [6.07, 6.45) is 5.74. The summed E-state index contributed by atoms with van der Waals surface area (Å²) in [6.45, 7) is 0. The molecule has 0 fully saturated rings. The molecule has 1 N–H and O–H groups in total. The molecule has 6 heteroatoms. The minimum Gasteiger partial charge on any atom is -0.502 e. The van der Waals surface area contributed by atoms with E-state index in [0.717, 1.165) is 0 Å². The van der Waals surface area contributed by atoms with Gasteiger partial charge in [0.25, 0.3) is 0 Å². The highest BCUT2D eigenvalue weighted by Gasteiger charge is 2.12. The van der Waals surface area contributed by atoms with Gasteiger partial charge in [0.05, 0.1) is 4.92 Å². The summed E-state index contributed by atoms with van der Waals surface area (Å²) in [5, 5.41) is 20.0. The number of hydrogen-bond acceptors (Lipinski definition) is 5. The minimum absolute atomic E-state index is 0.256. The summed E-state index contributed by atoms with van der Waals surface area (Å²) >= 11 is 0. The van der Waals surface area contributed by atoms with Crippen molar-refractivity contribution in [2.24, 2.45) is 0 Å². The van der Waals surface area contributed by atoms with E-state index in [-0.39, 0.29) is 5.78 Å². The fourth-order valence-corrected chi connectivity index (χ4v) is 1.57. The number of aromatic hydroxyl groups is 1. The number of benzene rings is 1. The second-order valence-corrected chi connectivity index (χ2v) is 3.94. The maximum atomic E-state index is 11.8. The molecule has 1 aromatic heterocycles. The van der Waals surface area contributed by atoms with Crippen molar-refractivity contribution >= 4 is 17.5 Å². The van der Waals surface area contributed by atoms with Crippen LogP contribution in [0.1, 0.15) is 15.9 Å². The predicted molar refractivity (Wildman–Crippen MR) is 72.4 cm³/mol. The lowest BCUT2D eigenvalue weighted by Gasteiger charge is -1.98. The highest BCUT2D eigenvalue weighted by atomic mass is 16.6. The van der Waals surface area contributed by atoms with Gasteiger partial charge in [0, 0.05) is 24.0 Å². The van der Waals surface area contributed by atoms with Crippen LogP contribution in [-0.2, 0) is 0 Å². The Labute approximate surface area is 114 Å². The van der Waals surface area contributed by atoms with Gasteiger partial charge in [-0.15, -0.1) is 0 Å². The number of nitrogens with zero attached hydrogens (tertiary/aromatic N) is 2. The van der Waals surface area contributed by atoms with Crippen molar-refractivity contribution in [1.29, 1.82) is 0 Å². The Balaban J connectivity index is 2.22. The number of rotatable bonds is 4. The first kappa shape index (κ1) is 13.4. The molecule has 100 valence electrons. The Bertz CT molecular complexity index is 681. The smallest absolute Gasteiger partial charge is 0.311 e. The zero-order valence-electron chi connectivity index (χ0n) is 10.3. The summed E-state index contributed by atoms with van der Waals surface area (Å²) in [4.78, 5) is 25.6. The van der Waals surface area contributed by atoms with Crippen LogP contribution in [0.4, 0.5) is 5.69 Å². The maximum Gasteiger partial charge on any atom is 0.311 e. The zero-order valence-corrected chi connectivity index (χ0v) is 10.3. The first-order chi connectivity index (χ1) is 9.58. The Hall–Kier alpha value is -3.02. The molecular weight excluding hydrogens is 260 g/mol. The molecule has 0 atom stereocenters. The van der Waals surface area contributed by atoms with Crippen LogP contribution in [0.15, 0.2) is 48.8 Å². The number of ketones is 1. The summed E-state index contributed by atoms with van der Waals surface area (Å²) < 4.78 is 0. The summed E-state index contributed by atoms with van der Waals surface area (Å²) in [5.74, 6) is -0.667. The van der Waals surface area contributed by atoms with Crippen molar-refractivity contribution in [2.75, 3.05) is 0 Å². The van der Waals surface area contributed by atoms with Gasteiger partial charge in [0.1, 0.15) is 0 Å². The van der Waals surface area contributed by atoms with Crippen LogP contribution >= 0.6 is 0 Å². The van der Waals surface area contributed by atoms with E-state index in [1.54, 1.807) is 18.3 Å². The normalized spacial score (nSPS) is 10.6. The number of carbonyl (C=O) groups is 1. The molecule has 1 heterocycles. The van der Waals surface area contributed by atoms with E-state index >= 15 is 0 Å². The highest BCUT2D eigenvalue weighted by Crippen LogP contribution is 2.26. The SMILES string of the molecule is O=C(C=Cc1ccc(O)c([N+](=O)[O-])c1)c1cccnc1. The van der Waals surface area contributed by atoms with Crippen LogP contribution in [0.2, 0.25) is 0 Å². The third-order valence-corrected chi connectivity index (χ3v) is 2.57. The van der Waals surface area contributed by atoms with E-state index < -0.39 is 16.4 Å². The lowest BCUT2D eigenvalue weighted by Crippen LogP contribution is -1.94. The topological polar surface area (TPSA) is 93.3 Å². The molecule has 0 spiro atoms. The fraction of sp³-hybridized carbons (Fsp3) is 0. The van der Waals surface area contributed by atoms with E-state index in [0.29, 0.717) is 11.1 Å². The second-order valence-electron chi connectivity index (χ2n) is 3.94. The fourth-order valence-electron chi connectivity index (χ4n) is 1.57. The molecule has 20 heavy (non-hydrogen) atoms. The number of hydrogen-bond donors (Lipinski definition) is 1. The summed E-state index contributed by atoms with van der Waals surface area (Å²) in [7, 11) is 0. The molecule has 0 radical (unpaired) electrons. The average Bonchev–Trinajstić information content (AvgIpc) is 2.46. The molecule has 0 aliphatic carbocycles. The average molecular weight is 270 g/mol. The number of phenols is 1. The van der Waals surface area contributed by atoms with Crippen molar-refractivity contribution in [2.45, 2.75) is 0 Å². The highest BCUT2D eigenvalue weighted by molar-refractivity contribution is 6.06. The van der Waals surface area contributed by atoms with Gasteiger partial charge in [-0.1, -0.05) is 12.1 Å². The molecular formula is C14H10N2O4. The Kier molecular flexibility index (Phi) is 3.85. The van der Waals surface area contributed by atoms with Gasteiger partial charge in [-0.25, -0.2) is 0 Å². The van der Waals surface area contributed by atoms with E-state index in [4.69, 9.17) is 0 Å². The van der Waals surface area contributed by atoms with Gasteiger partial charge in [-0.2, -0.15) is 0 Å². The van der Waals surface area contributed by atoms with Gasteiger partial charge in [0.2, 0.25) is 0 Å². The minimum atomic E-state index is -0.685. The molecule has 6 nitrogen and oxygen atoms in total. The number of nitro benzene ring substituents is 1. The second kappa shape index (κ2) is 5.75. The number of aromatic nitrogens is 1. The summed E-state index contributed by atoms with van der Waals surface area (Å²) in [5.41, 5.74) is 0.477. The van der Waals surface area contributed by atoms with Gasteiger partial charge >= 0.3 is 5.69 Å². The largest absolute Gasteiger partial charge is 0.502 e. The van der Waals surface area contributed by atoms with Crippen molar-refractivity contribution < 1.29 is 14.8 Å².